The number of nitrogens with zero attached hydrogens (tertiary/aromatic N) is 1. The fourth-order valence-corrected chi connectivity index (χ4v) is 1.71. The van der Waals surface area contributed by atoms with Crippen molar-refractivity contribution in [2.75, 3.05) is 6.54 Å². The molecule has 0 aliphatic heterocycles. The monoisotopic (exact) mass is 233 g/mol. The van der Waals surface area contributed by atoms with Gasteiger partial charge in [-0.1, -0.05) is 6.07 Å². The van der Waals surface area contributed by atoms with Gasteiger partial charge in [0.1, 0.15) is 0 Å². The van der Waals surface area contributed by atoms with E-state index in [4.69, 9.17) is 0 Å². The molecule has 1 heterocycles. The number of carbonyl (C=O) groups is 1. The summed E-state index contributed by atoms with van der Waals surface area (Å²) in [6.07, 6.45) is 6.58. The van der Waals surface area contributed by atoms with Crippen LogP contribution in [0.25, 0.3) is 0 Å². The molecule has 1 aromatic rings. The van der Waals surface area contributed by atoms with Crippen LogP contribution in [0.1, 0.15) is 37.8 Å². The van der Waals surface area contributed by atoms with E-state index in [1.165, 1.54) is 12.8 Å². The zero-order chi connectivity index (χ0) is 12.1. The Morgan fingerprint density at radius 3 is 3.06 bits per heavy atom. The van der Waals surface area contributed by atoms with Crippen LogP contribution in [0, 0.1) is 0 Å². The van der Waals surface area contributed by atoms with Crippen molar-refractivity contribution >= 4 is 5.91 Å². The predicted molar refractivity (Wildman–Crippen MR) is 66.4 cm³/mol. The Bertz CT molecular complexity index is 362. The number of hydrogen-bond acceptors (Lipinski definition) is 3. The van der Waals surface area contributed by atoms with E-state index in [0.717, 1.165) is 12.1 Å². The minimum Gasteiger partial charge on any atom is -0.349 e. The molecule has 2 N–H and O–H groups in total. The van der Waals surface area contributed by atoms with Crippen molar-refractivity contribution in [3.8, 4) is 0 Å². The van der Waals surface area contributed by atoms with Gasteiger partial charge in [0.05, 0.1) is 6.04 Å². The number of carbonyl (C=O) groups excluding carboxylic acids is 1. The van der Waals surface area contributed by atoms with Crippen molar-refractivity contribution in [1.82, 2.24) is 15.6 Å². The molecule has 0 saturated heterocycles. The maximum Gasteiger partial charge on any atom is 0.221 e. The maximum absolute atomic E-state index is 11.7. The van der Waals surface area contributed by atoms with Crippen molar-refractivity contribution in [2.24, 2.45) is 0 Å². The van der Waals surface area contributed by atoms with Crippen LogP contribution in [-0.4, -0.2) is 23.5 Å². The average Bonchev–Trinajstić information content (AvgIpc) is 3.14. The van der Waals surface area contributed by atoms with Gasteiger partial charge >= 0.3 is 0 Å². The van der Waals surface area contributed by atoms with Crippen LogP contribution in [0.3, 0.4) is 0 Å². The van der Waals surface area contributed by atoms with E-state index in [1.807, 2.05) is 19.1 Å². The normalized spacial score (nSPS) is 16.5. The zero-order valence-corrected chi connectivity index (χ0v) is 10.1. The molecule has 0 radical (unpaired) electrons. The van der Waals surface area contributed by atoms with Gasteiger partial charge in [0.2, 0.25) is 5.91 Å². The summed E-state index contributed by atoms with van der Waals surface area (Å²) in [6, 6.07) is 4.54. The molecule has 1 aliphatic carbocycles. The number of pyridine rings is 1. The lowest BCUT2D eigenvalue weighted by molar-refractivity contribution is -0.121. The molecule has 0 spiro atoms. The van der Waals surface area contributed by atoms with Crippen molar-refractivity contribution < 1.29 is 4.79 Å². The average molecular weight is 233 g/mol. The molecule has 1 aliphatic rings. The first-order valence-electron chi connectivity index (χ1n) is 6.18. The summed E-state index contributed by atoms with van der Waals surface area (Å²) in [5.74, 6) is 0.0921. The van der Waals surface area contributed by atoms with E-state index in [0.29, 0.717) is 12.5 Å². The van der Waals surface area contributed by atoms with Gasteiger partial charge in [-0.25, -0.2) is 0 Å². The maximum atomic E-state index is 11.7. The molecule has 17 heavy (non-hydrogen) atoms. The number of hydrogen-bond donors (Lipinski definition) is 2. The van der Waals surface area contributed by atoms with E-state index < -0.39 is 0 Å². The summed E-state index contributed by atoms with van der Waals surface area (Å²) in [4.78, 5) is 15.7. The van der Waals surface area contributed by atoms with Crippen LogP contribution in [0.5, 0.6) is 0 Å². The fraction of sp³-hybridized carbons (Fsp3) is 0.538. The number of nitrogens with one attached hydrogen (secondary N) is 2. The van der Waals surface area contributed by atoms with Crippen LogP contribution in [0.15, 0.2) is 24.5 Å². The summed E-state index contributed by atoms with van der Waals surface area (Å²) >= 11 is 0. The zero-order valence-electron chi connectivity index (χ0n) is 10.1. The van der Waals surface area contributed by atoms with Crippen LogP contribution in [-0.2, 0) is 4.79 Å². The second-order valence-electron chi connectivity index (χ2n) is 4.55. The molecule has 1 saturated carbocycles. The molecular formula is C13H19N3O. The largest absolute Gasteiger partial charge is 0.349 e. The molecule has 92 valence electrons. The first kappa shape index (κ1) is 12.0. The van der Waals surface area contributed by atoms with Crippen molar-refractivity contribution in [3.63, 3.8) is 0 Å². The third-order valence-corrected chi connectivity index (χ3v) is 2.92. The first-order chi connectivity index (χ1) is 8.25. The Hall–Kier alpha value is -1.42. The summed E-state index contributed by atoms with van der Waals surface area (Å²) in [5.41, 5.74) is 1.04. The second-order valence-corrected chi connectivity index (χ2v) is 4.55. The molecule has 1 aromatic heterocycles. The van der Waals surface area contributed by atoms with Crippen LogP contribution < -0.4 is 10.6 Å². The van der Waals surface area contributed by atoms with Crippen LogP contribution in [0.2, 0.25) is 0 Å². The van der Waals surface area contributed by atoms with Gasteiger partial charge < -0.3 is 10.6 Å². The minimum absolute atomic E-state index is 0.0251. The number of amides is 1. The molecule has 1 fully saturated rings. The Labute approximate surface area is 102 Å². The lowest BCUT2D eigenvalue weighted by Crippen LogP contribution is -2.30. The van der Waals surface area contributed by atoms with E-state index in [9.17, 15) is 4.79 Å². The molecular weight excluding hydrogens is 214 g/mol. The van der Waals surface area contributed by atoms with Gasteiger partial charge in [0, 0.05) is 31.4 Å². The number of aromatic nitrogens is 1. The lowest BCUT2D eigenvalue weighted by atomic mass is 10.1. The standard InChI is InChI=1S/C13H19N3O/c1-10(11-3-2-7-14-9-11)16-13(17)6-8-15-12-4-5-12/h2-3,7,9-10,12,15H,4-6,8H2,1H3,(H,16,17). The highest BCUT2D eigenvalue weighted by atomic mass is 16.1. The Morgan fingerprint density at radius 1 is 1.59 bits per heavy atom. The highest BCUT2D eigenvalue weighted by Crippen LogP contribution is 2.18. The van der Waals surface area contributed by atoms with Crippen LogP contribution >= 0.6 is 0 Å². The first-order valence-corrected chi connectivity index (χ1v) is 6.18. The van der Waals surface area contributed by atoms with Crippen molar-refractivity contribution in [1.29, 1.82) is 0 Å². The predicted octanol–water partition coefficient (Wildman–Crippen LogP) is 1.40. The van der Waals surface area contributed by atoms with E-state index in [1.54, 1.807) is 12.4 Å². The van der Waals surface area contributed by atoms with Gasteiger partial charge in [0.15, 0.2) is 0 Å². The molecule has 1 amide bonds. The Balaban J connectivity index is 1.69. The molecule has 4 heteroatoms. The summed E-state index contributed by atoms with van der Waals surface area (Å²) in [7, 11) is 0. The van der Waals surface area contributed by atoms with Gasteiger partial charge in [0.25, 0.3) is 0 Å². The van der Waals surface area contributed by atoms with Crippen molar-refractivity contribution in [3.05, 3.63) is 30.1 Å². The highest BCUT2D eigenvalue weighted by molar-refractivity contribution is 5.76. The molecule has 1 atom stereocenters. The van der Waals surface area contributed by atoms with Crippen molar-refractivity contribution in [2.45, 2.75) is 38.3 Å². The summed E-state index contributed by atoms with van der Waals surface area (Å²) < 4.78 is 0. The molecule has 1 unspecified atom stereocenters. The third-order valence-electron chi connectivity index (χ3n) is 2.92. The Morgan fingerprint density at radius 2 is 2.41 bits per heavy atom. The summed E-state index contributed by atoms with van der Waals surface area (Å²) in [6.45, 7) is 2.75. The van der Waals surface area contributed by atoms with Gasteiger partial charge in [-0.3, -0.25) is 9.78 Å². The molecule has 4 nitrogen and oxygen atoms in total. The Kier molecular flexibility index (Phi) is 4.09. The smallest absolute Gasteiger partial charge is 0.221 e. The van der Waals surface area contributed by atoms with Gasteiger partial charge in [-0.15, -0.1) is 0 Å². The SMILES string of the molecule is CC(NC(=O)CCNC1CC1)c1cccnc1. The fourth-order valence-electron chi connectivity index (χ4n) is 1.71. The highest BCUT2D eigenvalue weighted by Gasteiger charge is 2.20. The van der Waals surface area contributed by atoms with Gasteiger partial charge in [-0.2, -0.15) is 0 Å². The summed E-state index contributed by atoms with van der Waals surface area (Å²) in [5, 5.41) is 6.30. The van der Waals surface area contributed by atoms with Gasteiger partial charge in [-0.05, 0) is 31.4 Å². The quantitative estimate of drug-likeness (QED) is 0.781. The van der Waals surface area contributed by atoms with E-state index >= 15 is 0 Å². The van der Waals surface area contributed by atoms with Crippen LogP contribution in [0.4, 0.5) is 0 Å². The third kappa shape index (κ3) is 4.15. The second kappa shape index (κ2) is 5.77. The molecule has 2 rings (SSSR count). The minimum atomic E-state index is 0.0251. The molecule has 0 bridgehead atoms. The topological polar surface area (TPSA) is 54.0 Å². The van der Waals surface area contributed by atoms with E-state index in [-0.39, 0.29) is 11.9 Å². The lowest BCUT2D eigenvalue weighted by Gasteiger charge is -2.13. The molecule has 0 aromatic carbocycles. The van der Waals surface area contributed by atoms with E-state index in [2.05, 4.69) is 15.6 Å². The number of rotatable bonds is 6.